The molecule has 3 nitrogen and oxygen atoms in total. The molecule has 56 valence electrons. The molecule has 0 saturated heterocycles. The third-order valence-electron chi connectivity index (χ3n) is 0.914. The minimum absolute atomic E-state index is 0.194. The highest BCUT2D eigenvalue weighted by Gasteiger charge is 2.06. The van der Waals surface area contributed by atoms with Crippen LogP contribution >= 0.6 is 0 Å². The number of rotatable bonds is 3. The molecule has 0 amide bonds. The topological polar surface area (TPSA) is 43.4 Å². The van der Waals surface area contributed by atoms with Gasteiger partial charge in [-0.15, -0.1) is 0 Å². The summed E-state index contributed by atoms with van der Waals surface area (Å²) in [4.78, 5) is 0. The summed E-state index contributed by atoms with van der Waals surface area (Å²) in [6.07, 6.45) is 1.58. The third-order valence-corrected chi connectivity index (χ3v) is 1.59. The molecule has 9 heavy (non-hydrogen) atoms. The van der Waals surface area contributed by atoms with Crippen LogP contribution in [0, 0.1) is 0 Å². The predicted octanol–water partition coefficient (Wildman–Crippen LogP) is 0.761. The number of hydrogen-bond acceptors (Lipinski definition) is 3. The molecule has 0 spiro atoms. The van der Waals surface area contributed by atoms with E-state index in [9.17, 15) is 8.42 Å². The first-order valence-electron chi connectivity index (χ1n) is 2.84. The van der Waals surface area contributed by atoms with Gasteiger partial charge in [0.2, 0.25) is 0 Å². The summed E-state index contributed by atoms with van der Waals surface area (Å²) in [6, 6.07) is 0. The van der Waals surface area contributed by atoms with Crippen LogP contribution in [0.25, 0.3) is 0 Å². The van der Waals surface area contributed by atoms with Gasteiger partial charge < -0.3 is 0 Å². The molecule has 0 aliphatic carbocycles. The monoisotopic (exact) mass is 152 g/mol. The van der Waals surface area contributed by atoms with E-state index < -0.39 is 10.1 Å². The van der Waals surface area contributed by atoms with Crippen molar-refractivity contribution in [1.29, 1.82) is 0 Å². The number of hydrogen-bond donors (Lipinski definition) is 0. The Balaban J connectivity index is 3.75. The molecule has 0 bridgehead atoms. The fourth-order valence-electron chi connectivity index (χ4n) is 0.366. The summed E-state index contributed by atoms with van der Waals surface area (Å²) in [7, 11) is -3.24. The van der Waals surface area contributed by atoms with Crippen molar-refractivity contribution in [3.8, 4) is 0 Å². The second-order valence-electron chi connectivity index (χ2n) is 2.02. The summed E-state index contributed by atoms with van der Waals surface area (Å²) in [5.41, 5.74) is 0. The van der Waals surface area contributed by atoms with Crippen molar-refractivity contribution in [1.82, 2.24) is 0 Å². The predicted molar refractivity (Wildman–Crippen MR) is 35.7 cm³/mol. The zero-order valence-corrected chi connectivity index (χ0v) is 6.73. The Morgan fingerprint density at radius 3 is 2.11 bits per heavy atom. The van der Waals surface area contributed by atoms with Crippen molar-refractivity contribution in [2.75, 3.05) is 6.26 Å². The molecular weight excluding hydrogens is 140 g/mol. The van der Waals surface area contributed by atoms with Gasteiger partial charge in [-0.3, -0.25) is 4.18 Å². The lowest BCUT2D eigenvalue weighted by molar-refractivity contribution is 0.227. The molecule has 0 N–H and O–H groups in total. The standard InChI is InChI=1S/C5H12O3S/c1-4-5(2)8-9(3,6)7/h5H,4H2,1-3H3. The largest absolute Gasteiger partial charge is 0.267 e. The van der Waals surface area contributed by atoms with E-state index in [1.807, 2.05) is 6.92 Å². The SMILES string of the molecule is CCC(C)OS(C)(=O)=O. The van der Waals surface area contributed by atoms with E-state index in [4.69, 9.17) is 0 Å². The van der Waals surface area contributed by atoms with Crippen molar-refractivity contribution < 1.29 is 12.6 Å². The van der Waals surface area contributed by atoms with E-state index in [2.05, 4.69) is 4.18 Å². The molecule has 0 aromatic heterocycles. The second kappa shape index (κ2) is 3.17. The Morgan fingerprint density at radius 2 is 2.00 bits per heavy atom. The van der Waals surface area contributed by atoms with Crippen molar-refractivity contribution in [2.24, 2.45) is 0 Å². The first kappa shape index (κ1) is 8.91. The molecule has 0 aliphatic heterocycles. The Labute approximate surface area is 56.1 Å². The highest BCUT2D eigenvalue weighted by atomic mass is 32.2. The van der Waals surface area contributed by atoms with Crippen LogP contribution in [0.1, 0.15) is 20.3 Å². The quantitative estimate of drug-likeness (QED) is 0.561. The Bertz CT molecular complexity index is 159. The van der Waals surface area contributed by atoms with Crippen molar-refractivity contribution >= 4 is 10.1 Å². The lowest BCUT2D eigenvalue weighted by atomic mass is 10.3. The van der Waals surface area contributed by atoms with E-state index in [0.717, 1.165) is 6.26 Å². The van der Waals surface area contributed by atoms with Gasteiger partial charge >= 0.3 is 0 Å². The zero-order chi connectivity index (χ0) is 7.49. The molecule has 0 fully saturated rings. The maximum absolute atomic E-state index is 10.4. The molecule has 0 aromatic carbocycles. The summed E-state index contributed by atoms with van der Waals surface area (Å²) in [6.45, 7) is 3.59. The fourth-order valence-corrected chi connectivity index (χ4v) is 1.10. The summed E-state index contributed by atoms with van der Waals surface area (Å²) in [5, 5.41) is 0. The normalized spacial score (nSPS) is 15.4. The van der Waals surface area contributed by atoms with Crippen molar-refractivity contribution in [2.45, 2.75) is 26.4 Å². The fraction of sp³-hybridized carbons (Fsp3) is 1.00. The first-order chi connectivity index (χ1) is 3.95. The summed E-state index contributed by atoms with van der Waals surface area (Å²) >= 11 is 0. The van der Waals surface area contributed by atoms with Crippen LogP contribution in [0.5, 0.6) is 0 Å². The highest BCUT2D eigenvalue weighted by Crippen LogP contribution is 1.99. The van der Waals surface area contributed by atoms with Gasteiger partial charge in [0.05, 0.1) is 12.4 Å². The van der Waals surface area contributed by atoms with Gasteiger partial charge in [0.1, 0.15) is 0 Å². The molecule has 0 aromatic rings. The molecular formula is C5H12O3S. The minimum Gasteiger partial charge on any atom is -0.267 e. The maximum Gasteiger partial charge on any atom is 0.264 e. The Kier molecular flexibility index (Phi) is 3.14. The van der Waals surface area contributed by atoms with Gasteiger partial charge in [0, 0.05) is 0 Å². The van der Waals surface area contributed by atoms with Gasteiger partial charge in [-0.25, -0.2) is 0 Å². The van der Waals surface area contributed by atoms with E-state index in [1.54, 1.807) is 6.92 Å². The van der Waals surface area contributed by atoms with Crippen molar-refractivity contribution in [3.63, 3.8) is 0 Å². The van der Waals surface area contributed by atoms with Crippen LogP contribution in [0.4, 0.5) is 0 Å². The Morgan fingerprint density at radius 1 is 1.56 bits per heavy atom. The third kappa shape index (κ3) is 5.79. The van der Waals surface area contributed by atoms with E-state index >= 15 is 0 Å². The molecule has 4 heteroatoms. The smallest absolute Gasteiger partial charge is 0.264 e. The molecule has 0 saturated carbocycles. The average Bonchev–Trinajstić information content (AvgIpc) is 1.62. The lowest BCUT2D eigenvalue weighted by Gasteiger charge is -2.05. The van der Waals surface area contributed by atoms with Gasteiger partial charge in [0.15, 0.2) is 0 Å². The highest BCUT2D eigenvalue weighted by molar-refractivity contribution is 7.86. The van der Waals surface area contributed by atoms with E-state index in [1.165, 1.54) is 0 Å². The first-order valence-corrected chi connectivity index (χ1v) is 4.65. The molecule has 0 rings (SSSR count). The van der Waals surface area contributed by atoms with Crippen LogP contribution in [-0.4, -0.2) is 20.8 Å². The zero-order valence-electron chi connectivity index (χ0n) is 5.92. The van der Waals surface area contributed by atoms with Gasteiger partial charge in [-0.2, -0.15) is 8.42 Å². The molecule has 1 atom stereocenters. The average molecular weight is 152 g/mol. The van der Waals surface area contributed by atoms with Crippen LogP contribution in [0.2, 0.25) is 0 Å². The van der Waals surface area contributed by atoms with Crippen LogP contribution in [-0.2, 0) is 14.3 Å². The summed E-state index contributed by atoms with van der Waals surface area (Å²) in [5.74, 6) is 0. The Hall–Kier alpha value is -0.0900. The van der Waals surface area contributed by atoms with Crippen LogP contribution in [0.3, 0.4) is 0 Å². The molecule has 0 radical (unpaired) electrons. The summed E-state index contributed by atoms with van der Waals surface area (Å²) < 4.78 is 25.3. The van der Waals surface area contributed by atoms with E-state index in [-0.39, 0.29) is 6.10 Å². The van der Waals surface area contributed by atoms with Gasteiger partial charge in [-0.1, -0.05) is 6.92 Å². The minimum atomic E-state index is -3.24. The van der Waals surface area contributed by atoms with Crippen LogP contribution < -0.4 is 0 Å². The van der Waals surface area contributed by atoms with Gasteiger partial charge in [-0.05, 0) is 13.3 Å². The van der Waals surface area contributed by atoms with Crippen molar-refractivity contribution in [3.05, 3.63) is 0 Å². The van der Waals surface area contributed by atoms with E-state index in [0.29, 0.717) is 6.42 Å². The van der Waals surface area contributed by atoms with Gasteiger partial charge in [0.25, 0.3) is 10.1 Å². The van der Waals surface area contributed by atoms with Crippen LogP contribution in [0.15, 0.2) is 0 Å². The lowest BCUT2D eigenvalue weighted by Crippen LogP contribution is -2.12. The molecule has 0 aliphatic rings. The second-order valence-corrected chi connectivity index (χ2v) is 3.62. The molecule has 0 heterocycles. The molecule has 1 unspecified atom stereocenters. The maximum atomic E-state index is 10.4.